The SMILES string of the molecule is CCC=C(CCC)c1ccc(F)cc1. The van der Waals surface area contributed by atoms with Crippen molar-refractivity contribution in [1.82, 2.24) is 0 Å². The topological polar surface area (TPSA) is 0 Å². The molecule has 0 nitrogen and oxygen atoms in total. The quantitative estimate of drug-likeness (QED) is 0.662. The molecule has 1 heteroatoms. The Labute approximate surface area is 85.5 Å². The molecule has 0 aliphatic carbocycles. The summed E-state index contributed by atoms with van der Waals surface area (Å²) in [5.74, 6) is -0.166. The normalized spacial score (nSPS) is 11.8. The molecule has 76 valence electrons. The largest absolute Gasteiger partial charge is 0.207 e. The number of halogens is 1. The Hall–Kier alpha value is -1.11. The predicted molar refractivity (Wildman–Crippen MR) is 59.6 cm³/mol. The van der Waals surface area contributed by atoms with E-state index in [0.29, 0.717) is 0 Å². The lowest BCUT2D eigenvalue weighted by Crippen LogP contribution is -1.85. The van der Waals surface area contributed by atoms with Crippen LogP contribution in [0.25, 0.3) is 5.57 Å². The summed E-state index contributed by atoms with van der Waals surface area (Å²) in [5, 5.41) is 0. The van der Waals surface area contributed by atoms with Crippen molar-refractivity contribution in [2.75, 3.05) is 0 Å². The Morgan fingerprint density at radius 3 is 2.36 bits per heavy atom. The van der Waals surface area contributed by atoms with E-state index in [1.54, 1.807) is 0 Å². The van der Waals surface area contributed by atoms with Gasteiger partial charge in [0, 0.05) is 0 Å². The fourth-order valence-electron chi connectivity index (χ4n) is 1.54. The van der Waals surface area contributed by atoms with Gasteiger partial charge in [-0.1, -0.05) is 38.5 Å². The summed E-state index contributed by atoms with van der Waals surface area (Å²) in [6, 6.07) is 6.75. The zero-order chi connectivity index (χ0) is 10.4. The fourth-order valence-corrected chi connectivity index (χ4v) is 1.54. The number of allylic oxidation sites excluding steroid dienone is 2. The van der Waals surface area contributed by atoms with Crippen molar-refractivity contribution in [2.45, 2.75) is 33.1 Å². The molecule has 0 atom stereocenters. The Kier molecular flexibility index (Phi) is 4.37. The van der Waals surface area contributed by atoms with Gasteiger partial charge in [-0.2, -0.15) is 0 Å². The maximum Gasteiger partial charge on any atom is 0.123 e. The third-order valence-electron chi connectivity index (χ3n) is 2.18. The molecular weight excluding hydrogens is 175 g/mol. The molecular formula is C13H17F. The minimum Gasteiger partial charge on any atom is -0.207 e. The van der Waals surface area contributed by atoms with Gasteiger partial charge in [0.2, 0.25) is 0 Å². The van der Waals surface area contributed by atoms with Gasteiger partial charge in [-0.3, -0.25) is 0 Å². The van der Waals surface area contributed by atoms with E-state index in [4.69, 9.17) is 0 Å². The van der Waals surface area contributed by atoms with Crippen molar-refractivity contribution in [3.63, 3.8) is 0 Å². The van der Waals surface area contributed by atoms with Gasteiger partial charge >= 0.3 is 0 Å². The van der Waals surface area contributed by atoms with Crippen molar-refractivity contribution in [3.8, 4) is 0 Å². The molecule has 0 unspecified atom stereocenters. The van der Waals surface area contributed by atoms with Gasteiger partial charge in [0.05, 0.1) is 0 Å². The molecule has 0 aliphatic heterocycles. The van der Waals surface area contributed by atoms with Crippen LogP contribution in [0.5, 0.6) is 0 Å². The van der Waals surface area contributed by atoms with Crippen LogP contribution in [-0.2, 0) is 0 Å². The lowest BCUT2D eigenvalue weighted by molar-refractivity contribution is 0.627. The minimum atomic E-state index is -0.166. The second kappa shape index (κ2) is 5.58. The summed E-state index contributed by atoms with van der Waals surface area (Å²) in [4.78, 5) is 0. The number of rotatable bonds is 4. The average molecular weight is 192 g/mol. The van der Waals surface area contributed by atoms with Crippen LogP contribution in [0.15, 0.2) is 30.3 Å². The Morgan fingerprint density at radius 2 is 1.86 bits per heavy atom. The van der Waals surface area contributed by atoms with Gasteiger partial charge in [0.25, 0.3) is 0 Å². The van der Waals surface area contributed by atoms with Crippen molar-refractivity contribution >= 4 is 5.57 Å². The highest BCUT2D eigenvalue weighted by Crippen LogP contribution is 2.20. The van der Waals surface area contributed by atoms with E-state index < -0.39 is 0 Å². The lowest BCUT2D eigenvalue weighted by atomic mass is 10.0. The van der Waals surface area contributed by atoms with Crippen LogP contribution in [0.2, 0.25) is 0 Å². The molecule has 1 aromatic rings. The second-order valence-corrected chi connectivity index (χ2v) is 3.39. The van der Waals surface area contributed by atoms with Crippen LogP contribution in [0.4, 0.5) is 4.39 Å². The lowest BCUT2D eigenvalue weighted by Gasteiger charge is -2.05. The zero-order valence-electron chi connectivity index (χ0n) is 8.89. The molecule has 1 aromatic carbocycles. The van der Waals surface area contributed by atoms with E-state index in [2.05, 4.69) is 19.9 Å². The zero-order valence-corrected chi connectivity index (χ0v) is 8.89. The molecule has 1 rings (SSSR count). The van der Waals surface area contributed by atoms with Gasteiger partial charge in [-0.05, 0) is 36.1 Å². The molecule has 0 saturated carbocycles. The number of benzene rings is 1. The van der Waals surface area contributed by atoms with Gasteiger partial charge in [-0.15, -0.1) is 0 Å². The summed E-state index contributed by atoms with van der Waals surface area (Å²) in [7, 11) is 0. The van der Waals surface area contributed by atoms with Crippen molar-refractivity contribution in [2.24, 2.45) is 0 Å². The fraction of sp³-hybridized carbons (Fsp3) is 0.385. The number of hydrogen-bond acceptors (Lipinski definition) is 0. The highest BCUT2D eigenvalue weighted by Gasteiger charge is 1.99. The molecule has 0 spiro atoms. The third kappa shape index (κ3) is 2.99. The molecule has 0 radical (unpaired) electrons. The summed E-state index contributed by atoms with van der Waals surface area (Å²) in [6.07, 6.45) is 5.45. The van der Waals surface area contributed by atoms with Crippen molar-refractivity contribution in [3.05, 3.63) is 41.7 Å². The standard InChI is InChI=1S/C13H17F/c1-3-5-11(6-4-2)12-7-9-13(14)10-8-12/h5,7-10H,3-4,6H2,1-2H3. The summed E-state index contributed by atoms with van der Waals surface area (Å²) in [5.41, 5.74) is 2.48. The monoisotopic (exact) mass is 192 g/mol. The van der Waals surface area contributed by atoms with E-state index in [1.165, 1.54) is 17.7 Å². The predicted octanol–water partition coefficient (Wildman–Crippen LogP) is 4.42. The minimum absolute atomic E-state index is 0.166. The smallest absolute Gasteiger partial charge is 0.123 e. The molecule has 0 fully saturated rings. The van der Waals surface area contributed by atoms with E-state index in [0.717, 1.165) is 24.8 Å². The van der Waals surface area contributed by atoms with Crippen molar-refractivity contribution in [1.29, 1.82) is 0 Å². The van der Waals surface area contributed by atoms with Crippen LogP contribution in [0.1, 0.15) is 38.7 Å². The highest BCUT2D eigenvalue weighted by atomic mass is 19.1. The maximum absolute atomic E-state index is 12.7. The van der Waals surface area contributed by atoms with E-state index in [1.807, 2.05) is 12.1 Å². The van der Waals surface area contributed by atoms with E-state index in [9.17, 15) is 4.39 Å². The molecule has 0 bridgehead atoms. The molecule has 0 heterocycles. The van der Waals surface area contributed by atoms with Crippen LogP contribution < -0.4 is 0 Å². The summed E-state index contributed by atoms with van der Waals surface area (Å²) in [6.45, 7) is 4.28. The Morgan fingerprint density at radius 1 is 1.21 bits per heavy atom. The molecule has 0 N–H and O–H groups in total. The first-order valence-electron chi connectivity index (χ1n) is 5.23. The van der Waals surface area contributed by atoms with Gasteiger partial charge in [-0.25, -0.2) is 4.39 Å². The Bertz CT molecular complexity index is 296. The van der Waals surface area contributed by atoms with E-state index in [-0.39, 0.29) is 5.82 Å². The van der Waals surface area contributed by atoms with Crippen LogP contribution in [-0.4, -0.2) is 0 Å². The average Bonchev–Trinajstić information content (AvgIpc) is 2.19. The van der Waals surface area contributed by atoms with Crippen LogP contribution >= 0.6 is 0 Å². The van der Waals surface area contributed by atoms with E-state index >= 15 is 0 Å². The maximum atomic E-state index is 12.7. The highest BCUT2D eigenvalue weighted by molar-refractivity contribution is 5.65. The number of hydrogen-bond donors (Lipinski definition) is 0. The Balaban J connectivity index is 2.88. The third-order valence-corrected chi connectivity index (χ3v) is 2.18. The summed E-state index contributed by atoms with van der Waals surface area (Å²) >= 11 is 0. The molecule has 14 heavy (non-hydrogen) atoms. The second-order valence-electron chi connectivity index (χ2n) is 3.39. The molecule has 0 aliphatic rings. The first-order valence-corrected chi connectivity index (χ1v) is 5.23. The van der Waals surface area contributed by atoms with Gasteiger partial charge in [0.15, 0.2) is 0 Å². The van der Waals surface area contributed by atoms with Crippen LogP contribution in [0, 0.1) is 5.82 Å². The summed E-state index contributed by atoms with van der Waals surface area (Å²) < 4.78 is 12.7. The molecule has 0 saturated heterocycles. The van der Waals surface area contributed by atoms with Gasteiger partial charge in [0.1, 0.15) is 5.82 Å². The molecule has 0 aromatic heterocycles. The molecule has 0 amide bonds. The first-order chi connectivity index (χ1) is 6.77. The van der Waals surface area contributed by atoms with Crippen LogP contribution in [0.3, 0.4) is 0 Å². The van der Waals surface area contributed by atoms with Gasteiger partial charge < -0.3 is 0 Å². The first kappa shape index (κ1) is 11.0. The van der Waals surface area contributed by atoms with Crippen molar-refractivity contribution < 1.29 is 4.39 Å².